The number of carboxylic acids is 1. The van der Waals surface area contributed by atoms with E-state index in [1.165, 1.54) is 18.7 Å². The van der Waals surface area contributed by atoms with Gasteiger partial charge in [-0.05, 0) is 31.0 Å². The van der Waals surface area contributed by atoms with Gasteiger partial charge in [-0.25, -0.2) is 10.2 Å². The molecule has 6 heteroatoms. The van der Waals surface area contributed by atoms with Crippen molar-refractivity contribution >= 4 is 18.1 Å². The molecule has 0 saturated carbocycles. The Morgan fingerprint density at radius 2 is 1.91 bits per heavy atom. The molecule has 3 N–H and O–H groups in total. The largest absolute Gasteiger partial charge is 0.506 e. The molecule has 0 atom stereocenters. The molecule has 0 aliphatic rings. The minimum Gasteiger partial charge on any atom is -0.506 e. The van der Waals surface area contributed by atoms with Crippen LogP contribution in [0.4, 0.5) is 0 Å². The Morgan fingerprint density at radius 3 is 2.57 bits per heavy atom. The number of hydrazone groups is 1. The Hall–Kier alpha value is -2.37. The Labute approximate surface area is 136 Å². The van der Waals surface area contributed by atoms with E-state index in [-0.39, 0.29) is 22.8 Å². The molecule has 0 spiro atoms. The van der Waals surface area contributed by atoms with Crippen LogP contribution in [0, 0.1) is 6.92 Å². The van der Waals surface area contributed by atoms with Crippen molar-refractivity contribution in [2.75, 3.05) is 0 Å². The number of aromatic hydroxyl groups is 1. The molecule has 0 bridgehead atoms. The number of nitrogens with zero attached hydrogens (tertiary/aromatic N) is 1. The first-order valence-corrected chi connectivity index (χ1v) is 7.84. The van der Waals surface area contributed by atoms with Gasteiger partial charge in [0.2, 0.25) is 5.91 Å². The van der Waals surface area contributed by atoms with Crippen LogP contribution in [0.15, 0.2) is 17.2 Å². The van der Waals surface area contributed by atoms with Crippen LogP contribution in [0.5, 0.6) is 5.75 Å². The highest BCUT2D eigenvalue weighted by molar-refractivity contribution is 5.96. The second kappa shape index (κ2) is 9.61. The van der Waals surface area contributed by atoms with Gasteiger partial charge in [0.15, 0.2) is 0 Å². The number of carboxylic acid groups (broad SMARTS) is 1. The fourth-order valence-electron chi connectivity index (χ4n) is 2.19. The summed E-state index contributed by atoms with van der Waals surface area (Å²) in [5.41, 5.74) is 3.14. The van der Waals surface area contributed by atoms with Gasteiger partial charge in [0.1, 0.15) is 11.3 Å². The second-order valence-electron chi connectivity index (χ2n) is 5.51. The van der Waals surface area contributed by atoms with Gasteiger partial charge >= 0.3 is 5.97 Å². The van der Waals surface area contributed by atoms with E-state index in [1.807, 2.05) is 0 Å². The third-order valence-corrected chi connectivity index (χ3v) is 3.41. The van der Waals surface area contributed by atoms with Crippen LogP contribution in [-0.4, -0.2) is 28.3 Å². The Kier molecular flexibility index (Phi) is 7.80. The lowest BCUT2D eigenvalue weighted by atomic mass is 10.1. The SMILES string of the molecule is CCCCCCCC(=O)N/N=C/c1cc(C)cc(C(=O)O)c1O. The summed E-state index contributed by atoms with van der Waals surface area (Å²) >= 11 is 0. The molecule has 1 aromatic rings. The van der Waals surface area contributed by atoms with Gasteiger partial charge in [-0.15, -0.1) is 0 Å². The summed E-state index contributed by atoms with van der Waals surface area (Å²) in [6.45, 7) is 3.86. The average Bonchev–Trinajstić information content (AvgIpc) is 2.49. The highest BCUT2D eigenvalue weighted by Gasteiger charge is 2.13. The van der Waals surface area contributed by atoms with E-state index in [4.69, 9.17) is 5.11 Å². The molecule has 0 saturated heterocycles. The number of aryl methyl sites for hydroxylation is 1. The van der Waals surface area contributed by atoms with Crippen LogP contribution in [-0.2, 0) is 4.79 Å². The van der Waals surface area contributed by atoms with E-state index in [9.17, 15) is 14.7 Å². The number of rotatable bonds is 9. The first-order chi connectivity index (χ1) is 11.0. The van der Waals surface area contributed by atoms with E-state index >= 15 is 0 Å². The van der Waals surface area contributed by atoms with Gasteiger partial charge in [0.05, 0.1) is 6.21 Å². The van der Waals surface area contributed by atoms with Crippen LogP contribution in [0.2, 0.25) is 0 Å². The Bertz CT molecular complexity index is 582. The third-order valence-electron chi connectivity index (χ3n) is 3.41. The van der Waals surface area contributed by atoms with Crippen molar-refractivity contribution < 1.29 is 19.8 Å². The van der Waals surface area contributed by atoms with Gasteiger partial charge in [-0.3, -0.25) is 4.79 Å². The fourth-order valence-corrected chi connectivity index (χ4v) is 2.19. The van der Waals surface area contributed by atoms with E-state index in [1.54, 1.807) is 13.0 Å². The van der Waals surface area contributed by atoms with E-state index < -0.39 is 5.97 Å². The number of hydrogen-bond donors (Lipinski definition) is 3. The molecule has 0 aliphatic heterocycles. The summed E-state index contributed by atoms with van der Waals surface area (Å²) in [5, 5.41) is 22.7. The summed E-state index contributed by atoms with van der Waals surface area (Å²) in [6.07, 6.45) is 6.96. The van der Waals surface area contributed by atoms with Crippen LogP contribution in [0.3, 0.4) is 0 Å². The number of aromatic carboxylic acids is 1. The topological polar surface area (TPSA) is 99.0 Å². The molecule has 0 radical (unpaired) electrons. The highest BCUT2D eigenvalue weighted by Crippen LogP contribution is 2.23. The molecular weight excluding hydrogens is 296 g/mol. The summed E-state index contributed by atoms with van der Waals surface area (Å²) in [7, 11) is 0. The molecule has 0 fully saturated rings. The summed E-state index contributed by atoms with van der Waals surface area (Å²) < 4.78 is 0. The van der Waals surface area contributed by atoms with Gasteiger partial charge < -0.3 is 10.2 Å². The average molecular weight is 320 g/mol. The summed E-state index contributed by atoms with van der Waals surface area (Å²) in [4.78, 5) is 22.6. The van der Waals surface area contributed by atoms with Crippen molar-refractivity contribution in [3.63, 3.8) is 0 Å². The number of benzene rings is 1. The standard InChI is InChI=1S/C17H24N2O4/c1-3-4-5-6-7-8-15(20)19-18-11-13-9-12(2)10-14(16(13)21)17(22)23/h9-11,21H,3-8H2,1-2H3,(H,19,20)(H,22,23)/b18-11+. The number of amides is 1. The first-order valence-electron chi connectivity index (χ1n) is 7.84. The maximum Gasteiger partial charge on any atom is 0.339 e. The van der Waals surface area contributed by atoms with Crippen molar-refractivity contribution in [2.24, 2.45) is 5.10 Å². The van der Waals surface area contributed by atoms with Crippen molar-refractivity contribution in [3.8, 4) is 5.75 Å². The zero-order valence-corrected chi connectivity index (χ0v) is 13.6. The lowest BCUT2D eigenvalue weighted by molar-refractivity contribution is -0.121. The number of phenols is 1. The smallest absolute Gasteiger partial charge is 0.339 e. The van der Waals surface area contributed by atoms with Crippen LogP contribution in [0.25, 0.3) is 0 Å². The number of unbranched alkanes of at least 4 members (excludes halogenated alkanes) is 4. The maximum atomic E-state index is 11.6. The van der Waals surface area contributed by atoms with E-state index in [0.717, 1.165) is 25.7 Å². The lowest BCUT2D eigenvalue weighted by Crippen LogP contribution is -2.17. The zero-order valence-electron chi connectivity index (χ0n) is 13.6. The third kappa shape index (κ3) is 6.50. The quantitative estimate of drug-likeness (QED) is 0.369. The molecule has 1 rings (SSSR count). The van der Waals surface area contributed by atoms with E-state index in [2.05, 4.69) is 17.5 Å². The van der Waals surface area contributed by atoms with Gasteiger partial charge in [-0.2, -0.15) is 5.10 Å². The molecule has 0 aromatic heterocycles. The van der Waals surface area contributed by atoms with Crippen LogP contribution < -0.4 is 5.43 Å². The molecule has 0 aliphatic carbocycles. The fraction of sp³-hybridized carbons (Fsp3) is 0.471. The predicted molar refractivity (Wildman–Crippen MR) is 88.9 cm³/mol. The highest BCUT2D eigenvalue weighted by atomic mass is 16.4. The van der Waals surface area contributed by atoms with Crippen molar-refractivity contribution in [1.29, 1.82) is 0 Å². The number of nitrogens with one attached hydrogen (secondary N) is 1. The molecule has 23 heavy (non-hydrogen) atoms. The van der Waals surface area contributed by atoms with Crippen molar-refractivity contribution in [2.45, 2.75) is 52.4 Å². The Morgan fingerprint density at radius 1 is 1.22 bits per heavy atom. The number of carbonyl (C=O) groups is 2. The van der Waals surface area contributed by atoms with Crippen molar-refractivity contribution in [1.82, 2.24) is 5.43 Å². The van der Waals surface area contributed by atoms with Crippen LogP contribution >= 0.6 is 0 Å². The molecule has 1 amide bonds. The normalized spacial score (nSPS) is 10.9. The van der Waals surface area contributed by atoms with Crippen LogP contribution in [0.1, 0.15) is 66.9 Å². The minimum atomic E-state index is -1.21. The molecule has 6 nitrogen and oxygen atoms in total. The molecule has 1 aromatic carbocycles. The number of hydrogen-bond acceptors (Lipinski definition) is 4. The van der Waals surface area contributed by atoms with Crippen molar-refractivity contribution in [3.05, 3.63) is 28.8 Å². The molecule has 126 valence electrons. The minimum absolute atomic E-state index is 0.186. The Balaban J connectivity index is 2.55. The summed E-state index contributed by atoms with van der Waals surface area (Å²) in [5.74, 6) is -1.76. The lowest BCUT2D eigenvalue weighted by Gasteiger charge is -2.05. The first kappa shape index (κ1) is 18.7. The number of carbonyl (C=O) groups excluding carboxylic acids is 1. The van der Waals surface area contributed by atoms with Gasteiger partial charge in [0, 0.05) is 12.0 Å². The second-order valence-corrected chi connectivity index (χ2v) is 5.51. The zero-order chi connectivity index (χ0) is 17.2. The molecule has 0 heterocycles. The monoisotopic (exact) mass is 320 g/mol. The van der Waals surface area contributed by atoms with Gasteiger partial charge in [0.25, 0.3) is 0 Å². The molecule has 0 unspecified atom stereocenters. The summed E-state index contributed by atoms with van der Waals surface area (Å²) in [6, 6.07) is 2.98. The predicted octanol–water partition coefficient (Wildman–Crippen LogP) is 3.21. The van der Waals surface area contributed by atoms with E-state index in [0.29, 0.717) is 12.0 Å². The maximum absolute atomic E-state index is 11.6. The molecular formula is C17H24N2O4. The van der Waals surface area contributed by atoms with Gasteiger partial charge in [-0.1, -0.05) is 32.6 Å².